The van der Waals surface area contributed by atoms with E-state index in [9.17, 15) is 19.5 Å². The molecule has 0 amide bonds. The third-order valence-corrected chi connectivity index (χ3v) is 12.2. The first kappa shape index (κ1) is 43.4. The van der Waals surface area contributed by atoms with E-state index < -0.39 is 23.8 Å². The monoisotopic (exact) mass is 892 g/mol. The van der Waals surface area contributed by atoms with Crippen LogP contribution in [0.25, 0.3) is 40.1 Å². The zero-order valence-corrected chi connectivity index (χ0v) is 36.9. The molecule has 13 heteroatoms. The van der Waals surface area contributed by atoms with Gasteiger partial charge in [0.1, 0.15) is 5.75 Å². The summed E-state index contributed by atoms with van der Waals surface area (Å²) in [5.41, 5.74) is 5.61. The van der Waals surface area contributed by atoms with E-state index in [1.165, 1.54) is 19.7 Å². The molecule has 8 rings (SSSR count). The predicted molar refractivity (Wildman–Crippen MR) is 241 cm³/mol. The zero-order chi connectivity index (χ0) is 44.2. The molecule has 0 saturated heterocycles. The van der Waals surface area contributed by atoms with Gasteiger partial charge >= 0.3 is 276 Å². The first-order valence-electron chi connectivity index (χ1n) is 21.5. The van der Waals surface area contributed by atoms with Crippen LogP contribution in [0.4, 0.5) is 5.69 Å². The maximum atomic E-state index is 13.1. The van der Waals surface area contributed by atoms with Gasteiger partial charge in [-0.1, -0.05) is 12.1 Å². The second-order valence-electron chi connectivity index (χ2n) is 15.9. The van der Waals surface area contributed by atoms with E-state index in [2.05, 4.69) is 34.4 Å². The number of aromatic nitrogens is 4. The summed E-state index contributed by atoms with van der Waals surface area (Å²) in [6.45, 7) is 6.06. The average molecular weight is 894 g/mol. The fourth-order valence-electron chi connectivity index (χ4n) is 8.55. The van der Waals surface area contributed by atoms with Crippen LogP contribution in [0.2, 0.25) is 0 Å². The Bertz CT molecular complexity index is 2830. The summed E-state index contributed by atoms with van der Waals surface area (Å²) in [6, 6.07) is 27.3. The molecule has 4 heterocycles. The SMILES string of the molecule is CCCCC[C](=[Ni])N(C=Cc1ccc2c(c1)n(C(C)=O)c(=O)n2C(C)=O)c1ccccc1OCC1CCc2n(c(-c3ccc4c(c3)C=CC(O)O4)c[n+]2-c2ccccc2OC)CC1. The van der Waals surface area contributed by atoms with Gasteiger partial charge in [-0.05, 0) is 42.5 Å². The van der Waals surface area contributed by atoms with Crippen molar-refractivity contribution < 1.29 is 48.5 Å². The Morgan fingerprint density at radius 2 is 1.71 bits per heavy atom. The van der Waals surface area contributed by atoms with E-state index in [4.69, 9.17) is 29.2 Å². The number of hydrogen-bond acceptors (Lipinski definition) is 8. The molecule has 1 N–H and O–H groups in total. The third kappa shape index (κ3) is 8.99. The molecule has 0 bridgehead atoms. The number of fused-ring (bicyclic) bond motifs is 3. The Kier molecular flexibility index (Phi) is 13.1. The van der Waals surface area contributed by atoms with Crippen LogP contribution in [0.3, 0.4) is 0 Å². The van der Waals surface area contributed by atoms with Crippen molar-refractivity contribution in [3.8, 4) is 34.2 Å². The average Bonchev–Trinajstić information content (AvgIpc) is 3.71. The van der Waals surface area contributed by atoms with Crippen molar-refractivity contribution >= 4 is 45.3 Å². The first-order valence-corrected chi connectivity index (χ1v) is 22.0. The second-order valence-corrected chi connectivity index (χ2v) is 16.5. The number of para-hydroxylation sites is 4. The van der Waals surface area contributed by atoms with Gasteiger partial charge < -0.3 is 14.6 Å². The van der Waals surface area contributed by atoms with Crippen LogP contribution in [-0.2, 0) is 28.0 Å². The predicted octanol–water partition coefficient (Wildman–Crippen LogP) is 8.37. The van der Waals surface area contributed by atoms with Gasteiger partial charge in [0, 0.05) is 5.56 Å². The Labute approximate surface area is 374 Å². The Morgan fingerprint density at radius 1 is 0.952 bits per heavy atom. The molecule has 12 nitrogen and oxygen atoms in total. The van der Waals surface area contributed by atoms with E-state index in [1.54, 1.807) is 25.3 Å². The second kappa shape index (κ2) is 19.0. The number of aliphatic hydroxyl groups is 1. The van der Waals surface area contributed by atoms with Gasteiger partial charge in [-0.3, -0.25) is 0 Å². The number of rotatable bonds is 14. The molecule has 6 aromatic rings. The summed E-state index contributed by atoms with van der Waals surface area (Å²) >= 11 is 5.70. The number of aliphatic hydroxyl groups excluding tert-OH is 1. The first-order chi connectivity index (χ1) is 30.6. The van der Waals surface area contributed by atoms with Crippen LogP contribution < -0.4 is 29.4 Å². The topological polar surface area (TPSA) is 121 Å². The molecule has 0 aliphatic carbocycles. The number of ether oxygens (including phenoxy) is 3. The number of unbranched alkanes of at least 4 members (excludes halogenated alkanes) is 2. The number of benzene rings is 4. The molecule has 2 aliphatic heterocycles. The Hall–Kier alpha value is -6.30. The number of nitrogens with zero attached hydrogens (tertiary/aromatic N) is 5. The van der Waals surface area contributed by atoms with Crippen molar-refractivity contribution in [1.29, 1.82) is 0 Å². The van der Waals surface area contributed by atoms with Crippen molar-refractivity contribution in [3.63, 3.8) is 0 Å². The van der Waals surface area contributed by atoms with Crippen LogP contribution in [-0.4, -0.2) is 55.2 Å². The molecule has 2 aromatic heterocycles. The molecule has 0 spiro atoms. The van der Waals surface area contributed by atoms with Crippen LogP contribution in [0, 0.1) is 5.92 Å². The van der Waals surface area contributed by atoms with Gasteiger partial charge in [0.15, 0.2) is 5.75 Å². The summed E-state index contributed by atoms with van der Waals surface area (Å²) in [6.07, 6.45) is 15.0. The maximum absolute atomic E-state index is 13.1. The van der Waals surface area contributed by atoms with Crippen LogP contribution in [0.1, 0.15) is 85.8 Å². The van der Waals surface area contributed by atoms with Crippen molar-refractivity contribution in [1.82, 2.24) is 13.7 Å². The van der Waals surface area contributed by atoms with Crippen LogP contribution in [0.5, 0.6) is 17.2 Å². The fourth-order valence-corrected chi connectivity index (χ4v) is 8.92. The molecule has 2 atom stereocenters. The van der Waals surface area contributed by atoms with Crippen molar-refractivity contribution in [2.75, 3.05) is 18.6 Å². The molecule has 0 saturated carbocycles. The normalized spacial score (nSPS) is 15.7. The summed E-state index contributed by atoms with van der Waals surface area (Å²) in [5.74, 6) is 2.63. The van der Waals surface area contributed by atoms with Gasteiger partial charge in [-0.25, -0.2) is 0 Å². The molecule has 63 heavy (non-hydrogen) atoms. The number of anilines is 1. The minimum absolute atomic E-state index is 0.245. The molecular formula is C50H52N5NiO7+. The van der Waals surface area contributed by atoms with E-state index >= 15 is 0 Å². The zero-order valence-electron chi connectivity index (χ0n) is 35.9. The Balaban J connectivity index is 1.07. The van der Waals surface area contributed by atoms with E-state index in [0.717, 1.165) is 110 Å². The molecule has 328 valence electrons. The standard InChI is InChI=1S/C50H52N5O7.Ni/c1-5-6-7-12-27-51(28-25-36-17-21-40-43(30-36)55(35(3)57)50(59)54(40)34(2)56)41-13-8-11-16-47(41)61-33-37-18-23-48-52(29-26-37)44(32-53(48)42-14-9-10-15-46(42)60-4)38-19-22-45-39(31-38)20-24-49(58)62-45;/h8-11,13-17,19-22,24-25,28,30-32,37,49,58H,5-7,12,18,23,26,29,33H2,1-4H3;/q+1;. The molecule has 0 radical (unpaired) electrons. The summed E-state index contributed by atoms with van der Waals surface area (Å²) in [7, 11) is 1.70. The number of hydrogen-bond donors (Lipinski definition) is 1. The van der Waals surface area contributed by atoms with Crippen molar-refractivity contribution in [3.05, 3.63) is 131 Å². The molecule has 4 aromatic carbocycles. The minimum atomic E-state index is -0.957. The summed E-state index contributed by atoms with van der Waals surface area (Å²) in [5, 5.41) is 10.0. The van der Waals surface area contributed by atoms with Crippen LogP contribution in [0.15, 0.2) is 108 Å². The Morgan fingerprint density at radius 3 is 2.49 bits per heavy atom. The quantitative estimate of drug-likeness (QED) is 0.0659. The van der Waals surface area contributed by atoms with E-state index in [-0.39, 0.29) is 5.92 Å². The molecule has 0 fully saturated rings. The van der Waals surface area contributed by atoms with E-state index in [0.29, 0.717) is 23.4 Å². The van der Waals surface area contributed by atoms with Gasteiger partial charge in [-0.2, -0.15) is 0 Å². The fraction of sp³-hybridized carbons (Fsp3) is 0.300. The number of methoxy groups -OCH3 is 1. The van der Waals surface area contributed by atoms with E-state index in [1.807, 2.05) is 83.9 Å². The van der Waals surface area contributed by atoms with Gasteiger partial charge in [-0.15, -0.1) is 0 Å². The number of imidazole rings is 2. The molecule has 2 unspecified atom stereocenters. The summed E-state index contributed by atoms with van der Waals surface area (Å²) in [4.78, 5) is 40.0. The van der Waals surface area contributed by atoms with Crippen molar-refractivity contribution in [2.24, 2.45) is 5.92 Å². The molecule has 2 aliphatic rings. The summed E-state index contributed by atoms with van der Waals surface area (Å²) < 4.78 is 25.8. The van der Waals surface area contributed by atoms with Gasteiger partial charge in [0.2, 0.25) is 6.29 Å². The van der Waals surface area contributed by atoms with Crippen LogP contribution >= 0.6 is 0 Å². The third-order valence-electron chi connectivity index (χ3n) is 11.7. The van der Waals surface area contributed by atoms with Gasteiger partial charge in [0.05, 0.1) is 7.11 Å². The molecular weight excluding hydrogens is 841 g/mol. The van der Waals surface area contributed by atoms with Crippen molar-refractivity contribution in [2.45, 2.75) is 78.6 Å². The van der Waals surface area contributed by atoms with Gasteiger partial charge in [0.25, 0.3) is 0 Å². The number of carbonyl (C=O) groups is 2. The number of carbonyl (C=O) groups excluding carboxylic acids is 2.